The van der Waals surface area contributed by atoms with E-state index in [4.69, 9.17) is 9.47 Å². The average molecular weight is 265 g/mol. The second-order valence-electron chi connectivity index (χ2n) is 5.04. The van der Waals surface area contributed by atoms with Crippen LogP contribution in [0, 0.1) is 0 Å². The number of rotatable bonds is 3. The monoisotopic (exact) mass is 265 g/mol. The Bertz CT molecular complexity index is 484. The van der Waals surface area contributed by atoms with Crippen LogP contribution in [0.1, 0.15) is 23.7 Å². The van der Waals surface area contributed by atoms with Crippen molar-refractivity contribution in [1.29, 1.82) is 0 Å². The molecule has 1 aromatic carbocycles. The molecular weight excluding hydrogens is 246 g/mol. The molecule has 0 radical (unpaired) electrons. The van der Waals surface area contributed by atoms with Crippen LogP contribution in [0.25, 0.3) is 0 Å². The van der Waals surface area contributed by atoms with Crippen LogP contribution in [0.2, 0.25) is 0 Å². The van der Waals surface area contributed by atoms with E-state index in [1.54, 1.807) is 37.1 Å². The summed E-state index contributed by atoms with van der Waals surface area (Å²) in [5.41, 5.74) is -0.248. The highest BCUT2D eigenvalue weighted by Gasteiger charge is 2.34. The molecule has 1 aliphatic rings. The predicted molar refractivity (Wildman–Crippen MR) is 70.7 cm³/mol. The fraction of sp³-hybridized carbons (Fsp3) is 0.500. The number of carbonyl (C=O) groups excluding carboxylic acids is 1. The van der Waals surface area contributed by atoms with Gasteiger partial charge < -0.3 is 19.5 Å². The molecule has 0 bridgehead atoms. The maximum Gasteiger partial charge on any atom is 0.254 e. The van der Waals surface area contributed by atoms with Gasteiger partial charge in [-0.15, -0.1) is 0 Å². The van der Waals surface area contributed by atoms with E-state index in [0.717, 1.165) is 0 Å². The Kier molecular flexibility index (Phi) is 3.66. The minimum atomic E-state index is -0.785. The first-order chi connectivity index (χ1) is 8.96. The number of nitrogens with zero attached hydrogens (tertiary/aromatic N) is 1. The van der Waals surface area contributed by atoms with E-state index in [1.165, 1.54) is 7.11 Å². The van der Waals surface area contributed by atoms with Crippen molar-refractivity contribution in [2.45, 2.75) is 18.9 Å². The summed E-state index contributed by atoms with van der Waals surface area (Å²) in [6, 6.07) is 5.07. The molecule has 0 saturated carbocycles. The highest BCUT2D eigenvalue weighted by Crippen LogP contribution is 2.29. The number of likely N-dealkylation sites (tertiary alicyclic amines) is 1. The lowest BCUT2D eigenvalue weighted by molar-refractivity contribution is 0.0572. The van der Waals surface area contributed by atoms with Crippen LogP contribution in [-0.2, 0) is 0 Å². The van der Waals surface area contributed by atoms with Crippen LogP contribution in [0.5, 0.6) is 11.5 Å². The number of aliphatic hydroxyl groups is 1. The van der Waals surface area contributed by atoms with Crippen molar-refractivity contribution < 1.29 is 19.4 Å². The minimum Gasteiger partial charge on any atom is -0.493 e. The molecule has 1 saturated heterocycles. The largest absolute Gasteiger partial charge is 0.493 e. The molecule has 0 aliphatic carbocycles. The number of hydrogen-bond acceptors (Lipinski definition) is 4. The second-order valence-corrected chi connectivity index (χ2v) is 5.04. The molecule has 1 heterocycles. The van der Waals surface area contributed by atoms with Gasteiger partial charge in [0, 0.05) is 18.7 Å². The summed E-state index contributed by atoms with van der Waals surface area (Å²) >= 11 is 0. The van der Waals surface area contributed by atoms with Crippen LogP contribution in [0.4, 0.5) is 0 Å². The summed E-state index contributed by atoms with van der Waals surface area (Å²) in [5.74, 6) is 1.02. The molecule has 1 N–H and O–H groups in total. The first-order valence-corrected chi connectivity index (χ1v) is 6.20. The maximum atomic E-state index is 12.3. The molecule has 1 fully saturated rings. The van der Waals surface area contributed by atoms with Crippen molar-refractivity contribution in [3.8, 4) is 11.5 Å². The molecule has 19 heavy (non-hydrogen) atoms. The molecule has 104 valence electrons. The normalized spacial score (nSPS) is 22.4. The SMILES string of the molecule is COc1ccc(C(=O)N2CCC(C)(O)C2)cc1OC. The van der Waals surface area contributed by atoms with Crippen molar-refractivity contribution in [2.24, 2.45) is 0 Å². The zero-order valence-electron chi connectivity index (χ0n) is 11.5. The van der Waals surface area contributed by atoms with Gasteiger partial charge in [-0.1, -0.05) is 0 Å². The highest BCUT2D eigenvalue weighted by atomic mass is 16.5. The average Bonchev–Trinajstić information content (AvgIpc) is 2.77. The van der Waals surface area contributed by atoms with Gasteiger partial charge in [0.15, 0.2) is 11.5 Å². The number of carbonyl (C=O) groups is 1. The first kappa shape index (κ1) is 13.7. The lowest BCUT2D eigenvalue weighted by atomic mass is 10.1. The molecule has 1 aromatic rings. The van der Waals surface area contributed by atoms with Crippen LogP contribution in [-0.4, -0.2) is 48.8 Å². The van der Waals surface area contributed by atoms with Gasteiger partial charge in [-0.25, -0.2) is 0 Å². The molecule has 1 aliphatic heterocycles. The Hall–Kier alpha value is -1.75. The smallest absolute Gasteiger partial charge is 0.254 e. The van der Waals surface area contributed by atoms with Crippen molar-refractivity contribution in [2.75, 3.05) is 27.3 Å². The number of amides is 1. The third kappa shape index (κ3) is 2.81. The van der Waals surface area contributed by atoms with E-state index in [-0.39, 0.29) is 5.91 Å². The fourth-order valence-electron chi connectivity index (χ4n) is 2.27. The lowest BCUT2D eigenvalue weighted by Gasteiger charge is -2.19. The van der Waals surface area contributed by atoms with Crippen molar-refractivity contribution in [1.82, 2.24) is 4.90 Å². The summed E-state index contributed by atoms with van der Waals surface area (Å²) in [4.78, 5) is 14.0. The van der Waals surface area contributed by atoms with Gasteiger partial charge in [-0.2, -0.15) is 0 Å². The van der Waals surface area contributed by atoms with Crippen LogP contribution in [0.3, 0.4) is 0 Å². The van der Waals surface area contributed by atoms with E-state index in [9.17, 15) is 9.90 Å². The number of β-amino-alcohol motifs (C(OH)–C–C–N with tert-alkyl or cyclic N) is 1. The Morgan fingerprint density at radius 1 is 1.32 bits per heavy atom. The highest BCUT2D eigenvalue weighted by molar-refractivity contribution is 5.95. The molecular formula is C14H19NO4. The van der Waals surface area contributed by atoms with Gasteiger partial charge >= 0.3 is 0 Å². The lowest BCUT2D eigenvalue weighted by Crippen LogP contribution is -2.33. The molecule has 1 amide bonds. The summed E-state index contributed by atoms with van der Waals surface area (Å²) < 4.78 is 10.3. The third-order valence-corrected chi connectivity index (χ3v) is 3.37. The number of hydrogen-bond donors (Lipinski definition) is 1. The van der Waals surface area contributed by atoms with Crippen LogP contribution >= 0.6 is 0 Å². The van der Waals surface area contributed by atoms with Gasteiger partial charge in [0.1, 0.15) is 0 Å². The fourth-order valence-corrected chi connectivity index (χ4v) is 2.27. The van der Waals surface area contributed by atoms with E-state index in [0.29, 0.717) is 36.6 Å². The molecule has 1 atom stereocenters. The van der Waals surface area contributed by atoms with Crippen LogP contribution < -0.4 is 9.47 Å². The Morgan fingerprint density at radius 3 is 2.53 bits per heavy atom. The zero-order valence-corrected chi connectivity index (χ0v) is 11.5. The standard InChI is InChI=1S/C14H19NO4/c1-14(17)6-7-15(9-14)13(16)10-4-5-11(18-2)12(8-10)19-3/h4-5,8,17H,6-7,9H2,1-3H3. The van der Waals surface area contributed by atoms with Crippen molar-refractivity contribution in [3.05, 3.63) is 23.8 Å². The molecule has 0 aromatic heterocycles. The first-order valence-electron chi connectivity index (χ1n) is 6.20. The summed E-state index contributed by atoms with van der Waals surface area (Å²) in [6.07, 6.45) is 0.603. The van der Waals surface area contributed by atoms with Crippen LogP contribution in [0.15, 0.2) is 18.2 Å². The van der Waals surface area contributed by atoms with Gasteiger partial charge in [-0.05, 0) is 31.5 Å². The number of ether oxygens (including phenoxy) is 2. The molecule has 5 nitrogen and oxygen atoms in total. The topological polar surface area (TPSA) is 59.0 Å². The Balaban J connectivity index is 2.20. The number of methoxy groups -OCH3 is 2. The Labute approximate surface area is 112 Å². The summed E-state index contributed by atoms with van der Waals surface area (Å²) in [6.45, 7) is 2.68. The predicted octanol–water partition coefficient (Wildman–Crippen LogP) is 1.30. The van der Waals surface area contributed by atoms with Gasteiger partial charge in [-0.3, -0.25) is 4.79 Å². The number of benzene rings is 1. The quantitative estimate of drug-likeness (QED) is 0.895. The third-order valence-electron chi connectivity index (χ3n) is 3.37. The molecule has 0 spiro atoms. The van der Waals surface area contributed by atoms with Gasteiger partial charge in [0.2, 0.25) is 0 Å². The van der Waals surface area contributed by atoms with Crippen molar-refractivity contribution >= 4 is 5.91 Å². The summed E-state index contributed by atoms with van der Waals surface area (Å²) in [7, 11) is 3.09. The molecule has 2 rings (SSSR count). The van der Waals surface area contributed by atoms with Gasteiger partial charge in [0.25, 0.3) is 5.91 Å². The van der Waals surface area contributed by atoms with Gasteiger partial charge in [0.05, 0.1) is 19.8 Å². The van der Waals surface area contributed by atoms with E-state index in [2.05, 4.69) is 0 Å². The maximum absolute atomic E-state index is 12.3. The van der Waals surface area contributed by atoms with Crippen molar-refractivity contribution in [3.63, 3.8) is 0 Å². The van der Waals surface area contributed by atoms with E-state index < -0.39 is 5.60 Å². The molecule has 5 heteroatoms. The van der Waals surface area contributed by atoms with E-state index >= 15 is 0 Å². The zero-order chi connectivity index (χ0) is 14.0. The second kappa shape index (κ2) is 5.09. The van der Waals surface area contributed by atoms with E-state index in [1.807, 2.05) is 0 Å². The Morgan fingerprint density at radius 2 is 2.00 bits per heavy atom. The molecule has 1 unspecified atom stereocenters. The summed E-state index contributed by atoms with van der Waals surface area (Å²) in [5, 5.41) is 9.91. The minimum absolute atomic E-state index is 0.0984.